The Morgan fingerprint density at radius 3 is 1.87 bits per heavy atom. The summed E-state index contributed by atoms with van der Waals surface area (Å²) in [5, 5.41) is 0. The van der Waals surface area contributed by atoms with Crippen LogP contribution in [-0.2, 0) is 35.0 Å². The van der Waals surface area contributed by atoms with Crippen molar-refractivity contribution in [1.29, 1.82) is 0 Å². The zero-order valence-electron chi connectivity index (χ0n) is 23.3. The molecule has 0 saturated carbocycles. The van der Waals surface area contributed by atoms with Crippen LogP contribution in [0, 0.1) is 0 Å². The lowest BCUT2D eigenvalue weighted by atomic mass is 10.1. The summed E-state index contributed by atoms with van der Waals surface area (Å²) >= 11 is 0. The Labute approximate surface area is 224 Å². The summed E-state index contributed by atoms with van der Waals surface area (Å²) < 4.78 is 31.1. The van der Waals surface area contributed by atoms with Crippen molar-refractivity contribution in [1.82, 2.24) is 0 Å². The molecule has 2 N–H and O–H groups in total. The monoisotopic (exact) mass is 539 g/mol. The highest BCUT2D eigenvalue weighted by molar-refractivity contribution is 5.76. The molecule has 0 aliphatic heterocycles. The van der Waals surface area contributed by atoms with Gasteiger partial charge in [0.2, 0.25) is 0 Å². The fourth-order valence-corrected chi connectivity index (χ4v) is 3.04. The summed E-state index contributed by atoms with van der Waals surface area (Å²) in [5.74, 6) is -1.25. The van der Waals surface area contributed by atoms with Crippen LogP contribution < -0.4 is 15.2 Å². The molecule has 1 unspecified atom stereocenters. The topological polar surface area (TPSA) is 150 Å². The van der Waals surface area contributed by atoms with Gasteiger partial charge in [0, 0.05) is 6.42 Å². The van der Waals surface area contributed by atoms with Gasteiger partial charge in [-0.2, -0.15) is 0 Å². The summed E-state index contributed by atoms with van der Waals surface area (Å²) in [6.07, 6.45) is -1.21. The Bertz CT molecular complexity index is 930. The van der Waals surface area contributed by atoms with Gasteiger partial charge in [0.05, 0.1) is 12.2 Å². The first-order valence-corrected chi connectivity index (χ1v) is 12.9. The summed E-state index contributed by atoms with van der Waals surface area (Å²) in [4.78, 5) is 48.5. The molecule has 1 aromatic carbocycles. The molecule has 214 valence electrons. The molecule has 1 rings (SSSR count). The van der Waals surface area contributed by atoms with Crippen LogP contribution in [-0.4, -0.2) is 54.7 Å². The van der Waals surface area contributed by atoms with E-state index < -0.39 is 48.7 Å². The summed E-state index contributed by atoms with van der Waals surface area (Å²) in [6, 6.07) is 3.26. The van der Waals surface area contributed by atoms with E-state index in [0.717, 1.165) is 19.3 Å². The maximum absolute atomic E-state index is 12.6. The number of benzene rings is 1. The minimum atomic E-state index is -1.07. The SMILES string of the molecule is CCCCCC(=O)OC(C)[C@H](C)OC(=O)[C@@H](N)Cc1ccc(OC(=O)OC(C)C)c(OC(=O)OC(C)C)c1. The van der Waals surface area contributed by atoms with Crippen LogP contribution in [0.15, 0.2) is 18.2 Å². The predicted octanol–water partition coefficient (Wildman–Crippen LogP) is 4.85. The molecule has 11 nitrogen and oxygen atoms in total. The van der Waals surface area contributed by atoms with E-state index >= 15 is 0 Å². The smallest absolute Gasteiger partial charge is 0.459 e. The maximum atomic E-state index is 12.6. The van der Waals surface area contributed by atoms with Crippen LogP contribution in [0.25, 0.3) is 0 Å². The number of hydrogen-bond acceptors (Lipinski definition) is 11. The largest absolute Gasteiger partial charge is 0.514 e. The predicted molar refractivity (Wildman–Crippen MR) is 138 cm³/mol. The Balaban J connectivity index is 2.86. The van der Waals surface area contributed by atoms with Crippen molar-refractivity contribution < 1.29 is 47.6 Å². The lowest BCUT2D eigenvalue weighted by Gasteiger charge is -2.22. The van der Waals surface area contributed by atoms with E-state index in [9.17, 15) is 19.2 Å². The molecule has 0 spiro atoms. The van der Waals surface area contributed by atoms with Crippen molar-refractivity contribution >= 4 is 24.2 Å². The van der Waals surface area contributed by atoms with Gasteiger partial charge in [-0.25, -0.2) is 9.59 Å². The molecular weight excluding hydrogens is 498 g/mol. The molecule has 0 aliphatic rings. The van der Waals surface area contributed by atoms with Crippen LogP contribution in [0.5, 0.6) is 11.5 Å². The number of esters is 2. The Hall–Kier alpha value is -3.34. The molecule has 0 radical (unpaired) electrons. The van der Waals surface area contributed by atoms with Crippen molar-refractivity contribution in [3.8, 4) is 11.5 Å². The molecule has 3 atom stereocenters. The van der Waals surface area contributed by atoms with Crippen molar-refractivity contribution in [3.63, 3.8) is 0 Å². The second-order valence-electron chi connectivity index (χ2n) is 9.42. The zero-order chi connectivity index (χ0) is 28.8. The van der Waals surface area contributed by atoms with E-state index in [-0.39, 0.29) is 23.9 Å². The average Bonchev–Trinajstić information content (AvgIpc) is 2.79. The van der Waals surface area contributed by atoms with E-state index in [1.807, 2.05) is 6.92 Å². The van der Waals surface area contributed by atoms with Gasteiger partial charge in [0.25, 0.3) is 0 Å². The lowest BCUT2D eigenvalue weighted by Crippen LogP contribution is -2.39. The van der Waals surface area contributed by atoms with Gasteiger partial charge in [0.15, 0.2) is 11.5 Å². The molecule has 0 amide bonds. The molecule has 0 bridgehead atoms. The standard InChI is InChI=1S/C27H41NO10/c1-8-9-10-11-24(29)35-18(6)19(7)36-25(30)21(28)14-20-12-13-22(37-26(31)33-16(2)3)23(15-20)38-27(32)34-17(4)5/h12-13,15-19,21H,8-11,14,28H2,1-7H3/t18?,19-,21-/m0/s1. The quantitative estimate of drug-likeness (QED) is 0.150. The van der Waals surface area contributed by atoms with E-state index in [4.69, 9.17) is 34.2 Å². The fourth-order valence-electron chi connectivity index (χ4n) is 3.04. The Kier molecular flexibility index (Phi) is 14.2. The second kappa shape index (κ2) is 16.5. The normalized spacial score (nSPS) is 13.3. The van der Waals surface area contributed by atoms with Crippen LogP contribution in [0.2, 0.25) is 0 Å². The average molecular weight is 540 g/mol. The first-order valence-electron chi connectivity index (χ1n) is 12.9. The third-order valence-electron chi connectivity index (χ3n) is 5.08. The third-order valence-corrected chi connectivity index (χ3v) is 5.08. The molecule has 0 heterocycles. The molecule has 0 fully saturated rings. The second-order valence-corrected chi connectivity index (χ2v) is 9.42. The minimum Gasteiger partial charge on any atom is -0.459 e. The molecule has 0 saturated heterocycles. The highest BCUT2D eigenvalue weighted by Crippen LogP contribution is 2.30. The third kappa shape index (κ3) is 12.8. The molecule has 38 heavy (non-hydrogen) atoms. The zero-order valence-corrected chi connectivity index (χ0v) is 23.3. The lowest BCUT2D eigenvalue weighted by molar-refractivity contribution is -0.166. The van der Waals surface area contributed by atoms with Crippen LogP contribution >= 0.6 is 0 Å². The van der Waals surface area contributed by atoms with Crippen molar-refractivity contribution in [2.24, 2.45) is 5.73 Å². The van der Waals surface area contributed by atoms with Crippen LogP contribution in [0.3, 0.4) is 0 Å². The fraction of sp³-hybridized carbons (Fsp3) is 0.630. The highest BCUT2D eigenvalue weighted by Gasteiger charge is 2.25. The molecular formula is C27H41NO10. The summed E-state index contributed by atoms with van der Waals surface area (Å²) in [6.45, 7) is 11.9. The number of ether oxygens (including phenoxy) is 6. The van der Waals surface area contributed by atoms with Gasteiger partial charge in [-0.05, 0) is 72.1 Å². The summed E-state index contributed by atoms with van der Waals surface area (Å²) in [7, 11) is 0. The van der Waals surface area contributed by atoms with Gasteiger partial charge in [0.1, 0.15) is 18.2 Å². The van der Waals surface area contributed by atoms with Gasteiger partial charge in [-0.3, -0.25) is 9.59 Å². The van der Waals surface area contributed by atoms with Crippen molar-refractivity contribution in [3.05, 3.63) is 23.8 Å². The van der Waals surface area contributed by atoms with E-state index in [1.54, 1.807) is 47.6 Å². The highest BCUT2D eigenvalue weighted by atomic mass is 16.7. The number of carbonyl (C=O) groups excluding carboxylic acids is 4. The Morgan fingerprint density at radius 2 is 1.32 bits per heavy atom. The number of unbranched alkanes of at least 4 members (excludes halogenated alkanes) is 2. The Morgan fingerprint density at radius 1 is 0.763 bits per heavy atom. The van der Waals surface area contributed by atoms with Crippen molar-refractivity contribution in [2.45, 2.75) is 111 Å². The first kappa shape index (κ1) is 32.7. The van der Waals surface area contributed by atoms with Gasteiger partial charge in [-0.1, -0.05) is 25.8 Å². The summed E-state index contributed by atoms with van der Waals surface area (Å²) in [5.41, 5.74) is 6.55. The number of nitrogens with two attached hydrogens (primary N) is 1. The number of rotatable bonds is 14. The van der Waals surface area contributed by atoms with Crippen LogP contribution in [0.4, 0.5) is 9.59 Å². The van der Waals surface area contributed by atoms with E-state index in [0.29, 0.717) is 12.0 Å². The minimum absolute atomic E-state index is 0.0169. The van der Waals surface area contributed by atoms with Gasteiger partial charge in [-0.15, -0.1) is 0 Å². The molecule has 11 heteroatoms. The van der Waals surface area contributed by atoms with Gasteiger partial charge < -0.3 is 34.2 Å². The number of hydrogen-bond donors (Lipinski definition) is 1. The van der Waals surface area contributed by atoms with Gasteiger partial charge >= 0.3 is 24.2 Å². The number of carbonyl (C=O) groups is 4. The maximum Gasteiger partial charge on any atom is 0.514 e. The van der Waals surface area contributed by atoms with E-state index in [1.165, 1.54) is 12.1 Å². The molecule has 1 aromatic rings. The van der Waals surface area contributed by atoms with Crippen molar-refractivity contribution in [2.75, 3.05) is 0 Å². The van der Waals surface area contributed by atoms with Crippen LogP contribution in [0.1, 0.15) is 79.7 Å². The molecule has 0 aliphatic carbocycles. The van der Waals surface area contributed by atoms with E-state index in [2.05, 4.69) is 0 Å². The first-order chi connectivity index (χ1) is 17.8. The molecule has 0 aromatic heterocycles.